The number of para-hydroxylation sites is 1. The van der Waals surface area contributed by atoms with Gasteiger partial charge in [-0.2, -0.15) is 0 Å². The number of hydrogen-bond acceptors (Lipinski definition) is 3. The predicted molar refractivity (Wildman–Crippen MR) is 65.5 cm³/mol. The van der Waals surface area contributed by atoms with Gasteiger partial charge in [0, 0.05) is 0 Å². The van der Waals surface area contributed by atoms with E-state index in [1.54, 1.807) is 13.0 Å². The zero-order chi connectivity index (χ0) is 12.8. The first-order chi connectivity index (χ1) is 8.04. The smallest absolute Gasteiger partial charge is 0.165 e. The highest BCUT2D eigenvalue weighted by molar-refractivity contribution is 5.35. The molecule has 1 aromatic rings. The van der Waals surface area contributed by atoms with E-state index in [2.05, 4.69) is 0 Å². The number of benzene rings is 1. The second-order valence-corrected chi connectivity index (χ2v) is 4.43. The second kappa shape index (κ2) is 6.57. The fourth-order valence-corrected chi connectivity index (χ4v) is 1.54. The molecule has 0 amide bonds. The summed E-state index contributed by atoms with van der Waals surface area (Å²) in [6, 6.07) is 4.84. The molecule has 0 heterocycles. The topological polar surface area (TPSA) is 55.5 Å². The first-order valence-corrected chi connectivity index (χ1v) is 5.83. The summed E-state index contributed by atoms with van der Waals surface area (Å²) in [5.41, 5.74) is 6.35. The third-order valence-corrected chi connectivity index (χ3v) is 2.49. The number of rotatable bonds is 6. The van der Waals surface area contributed by atoms with Crippen molar-refractivity contribution in [1.29, 1.82) is 0 Å². The summed E-state index contributed by atoms with van der Waals surface area (Å²) < 4.78 is 18.9. The second-order valence-electron chi connectivity index (χ2n) is 4.43. The predicted octanol–water partition coefficient (Wildman–Crippen LogP) is 1.72. The van der Waals surface area contributed by atoms with Gasteiger partial charge in [-0.05, 0) is 37.4 Å². The van der Waals surface area contributed by atoms with Crippen molar-refractivity contribution in [3.63, 3.8) is 0 Å². The fourth-order valence-electron chi connectivity index (χ4n) is 1.54. The van der Waals surface area contributed by atoms with Crippen LogP contribution in [0, 0.1) is 11.7 Å². The quantitative estimate of drug-likeness (QED) is 0.797. The molecule has 0 aliphatic heterocycles. The molecule has 0 fully saturated rings. The molecule has 0 radical (unpaired) electrons. The third-order valence-electron chi connectivity index (χ3n) is 2.49. The van der Waals surface area contributed by atoms with Gasteiger partial charge in [-0.25, -0.2) is 4.39 Å². The van der Waals surface area contributed by atoms with Crippen molar-refractivity contribution in [2.45, 2.75) is 26.4 Å². The molecule has 2 unspecified atom stereocenters. The van der Waals surface area contributed by atoms with E-state index in [-0.39, 0.29) is 18.3 Å². The number of halogens is 1. The van der Waals surface area contributed by atoms with Crippen LogP contribution < -0.4 is 10.5 Å². The number of aliphatic hydroxyl groups excluding tert-OH is 1. The molecule has 0 aromatic heterocycles. The average Bonchev–Trinajstić information content (AvgIpc) is 2.27. The van der Waals surface area contributed by atoms with Crippen LogP contribution in [-0.4, -0.2) is 24.4 Å². The molecule has 2 atom stereocenters. The molecule has 3 nitrogen and oxygen atoms in total. The van der Waals surface area contributed by atoms with E-state index in [1.807, 2.05) is 13.0 Å². The Balaban J connectivity index is 2.84. The highest BCUT2D eigenvalue weighted by atomic mass is 19.1. The molecule has 0 aliphatic carbocycles. The number of nitrogens with two attached hydrogens (primary N) is 1. The van der Waals surface area contributed by atoms with Crippen molar-refractivity contribution < 1.29 is 14.2 Å². The van der Waals surface area contributed by atoms with Crippen LogP contribution >= 0.6 is 0 Å². The Morgan fingerprint density at radius 1 is 1.41 bits per heavy atom. The molecular formula is C13H20FNO2. The van der Waals surface area contributed by atoms with E-state index < -0.39 is 11.9 Å². The van der Waals surface area contributed by atoms with Gasteiger partial charge in [0.2, 0.25) is 0 Å². The number of hydrogen-bond donors (Lipinski definition) is 2. The average molecular weight is 241 g/mol. The molecule has 17 heavy (non-hydrogen) atoms. The third kappa shape index (κ3) is 4.32. The first kappa shape index (κ1) is 13.9. The lowest BCUT2D eigenvalue weighted by atomic mass is 10.0. The highest BCUT2D eigenvalue weighted by Gasteiger charge is 2.13. The summed E-state index contributed by atoms with van der Waals surface area (Å²) in [7, 11) is 0. The van der Waals surface area contributed by atoms with E-state index in [1.165, 1.54) is 6.07 Å². The van der Waals surface area contributed by atoms with E-state index in [0.717, 1.165) is 5.56 Å². The molecular weight excluding hydrogens is 221 g/mol. The molecule has 3 N–H and O–H groups in total. The van der Waals surface area contributed by atoms with Crippen LogP contribution in [0.2, 0.25) is 0 Å². The molecule has 0 saturated heterocycles. The lowest BCUT2D eigenvalue weighted by molar-refractivity contribution is 0.119. The molecule has 1 aromatic carbocycles. The Labute approximate surface area is 101 Å². The lowest BCUT2D eigenvalue weighted by Gasteiger charge is -2.15. The number of ether oxygens (including phenoxy) is 1. The zero-order valence-corrected chi connectivity index (χ0v) is 10.3. The summed E-state index contributed by atoms with van der Waals surface area (Å²) >= 11 is 0. The van der Waals surface area contributed by atoms with Crippen LogP contribution in [0.4, 0.5) is 4.39 Å². The van der Waals surface area contributed by atoms with E-state index in [0.29, 0.717) is 13.0 Å². The Morgan fingerprint density at radius 3 is 2.71 bits per heavy atom. The van der Waals surface area contributed by atoms with Crippen molar-refractivity contribution in [2.75, 3.05) is 13.2 Å². The minimum atomic E-state index is -0.616. The maximum absolute atomic E-state index is 13.6. The molecule has 0 aliphatic rings. The van der Waals surface area contributed by atoms with Crippen molar-refractivity contribution in [3.05, 3.63) is 29.6 Å². The SMILES string of the molecule is CC(O)COc1c(F)cccc1CC(C)CN. The van der Waals surface area contributed by atoms with Gasteiger partial charge in [0.05, 0.1) is 6.10 Å². The monoisotopic (exact) mass is 241 g/mol. The number of aliphatic hydroxyl groups is 1. The van der Waals surface area contributed by atoms with E-state index in [4.69, 9.17) is 15.6 Å². The Hall–Kier alpha value is -1.13. The first-order valence-electron chi connectivity index (χ1n) is 5.83. The summed E-state index contributed by atoms with van der Waals surface area (Å²) in [5.74, 6) is 0.103. The Kier molecular flexibility index (Phi) is 5.38. The summed E-state index contributed by atoms with van der Waals surface area (Å²) in [4.78, 5) is 0. The van der Waals surface area contributed by atoms with Gasteiger partial charge in [-0.15, -0.1) is 0 Å². The summed E-state index contributed by atoms with van der Waals surface area (Å²) in [6.45, 7) is 4.24. The van der Waals surface area contributed by atoms with E-state index >= 15 is 0 Å². The Morgan fingerprint density at radius 2 is 2.12 bits per heavy atom. The molecule has 4 heteroatoms. The van der Waals surface area contributed by atoms with E-state index in [9.17, 15) is 4.39 Å². The van der Waals surface area contributed by atoms with Crippen molar-refractivity contribution in [2.24, 2.45) is 11.7 Å². The minimum Gasteiger partial charge on any atom is -0.488 e. The van der Waals surface area contributed by atoms with Crippen LogP contribution in [0.3, 0.4) is 0 Å². The van der Waals surface area contributed by atoms with Crippen LogP contribution in [-0.2, 0) is 6.42 Å². The highest BCUT2D eigenvalue weighted by Crippen LogP contribution is 2.25. The largest absolute Gasteiger partial charge is 0.488 e. The molecule has 96 valence electrons. The van der Waals surface area contributed by atoms with Crippen molar-refractivity contribution >= 4 is 0 Å². The molecule has 1 rings (SSSR count). The van der Waals surface area contributed by atoms with Crippen LogP contribution in [0.1, 0.15) is 19.4 Å². The zero-order valence-electron chi connectivity index (χ0n) is 10.3. The summed E-state index contributed by atoms with van der Waals surface area (Å²) in [5, 5.41) is 9.16. The van der Waals surface area contributed by atoms with Gasteiger partial charge >= 0.3 is 0 Å². The summed E-state index contributed by atoms with van der Waals surface area (Å²) in [6.07, 6.45) is 0.0537. The van der Waals surface area contributed by atoms with Gasteiger partial charge < -0.3 is 15.6 Å². The normalized spacial score (nSPS) is 14.4. The molecule has 0 bridgehead atoms. The van der Waals surface area contributed by atoms with Gasteiger partial charge in [-0.1, -0.05) is 19.1 Å². The standard InChI is InChI=1S/C13H20FNO2/c1-9(7-15)6-11-4-3-5-12(14)13(11)17-8-10(2)16/h3-5,9-10,16H,6-8,15H2,1-2H3. The van der Waals surface area contributed by atoms with Crippen LogP contribution in [0.25, 0.3) is 0 Å². The van der Waals surface area contributed by atoms with Crippen molar-refractivity contribution in [1.82, 2.24) is 0 Å². The maximum Gasteiger partial charge on any atom is 0.165 e. The maximum atomic E-state index is 13.6. The van der Waals surface area contributed by atoms with Crippen LogP contribution in [0.15, 0.2) is 18.2 Å². The minimum absolute atomic E-state index is 0.0882. The lowest BCUT2D eigenvalue weighted by Crippen LogP contribution is -2.17. The van der Waals surface area contributed by atoms with Gasteiger partial charge in [0.15, 0.2) is 11.6 Å². The van der Waals surface area contributed by atoms with Gasteiger partial charge in [-0.3, -0.25) is 0 Å². The fraction of sp³-hybridized carbons (Fsp3) is 0.538. The molecule has 0 spiro atoms. The van der Waals surface area contributed by atoms with Crippen molar-refractivity contribution in [3.8, 4) is 5.75 Å². The van der Waals surface area contributed by atoms with Gasteiger partial charge in [0.25, 0.3) is 0 Å². The van der Waals surface area contributed by atoms with Gasteiger partial charge in [0.1, 0.15) is 6.61 Å². The molecule has 0 saturated carbocycles. The van der Waals surface area contributed by atoms with Crippen LogP contribution in [0.5, 0.6) is 5.75 Å². The Bertz CT molecular complexity index is 355.